The van der Waals surface area contributed by atoms with Crippen molar-refractivity contribution in [1.82, 2.24) is 15.6 Å². The molecule has 0 atom stereocenters. The first-order chi connectivity index (χ1) is 6.24. The largest absolute Gasteiger partial charge is 0.349 e. The van der Waals surface area contributed by atoms with Gasteiger partial charge in [0.2, 0.25) is 5.91 Å². The lowest BCUT2D eigenvalue weighted by Crippen LogP contribution is -2.22. The third kappa shape index (κ3) is 2.56. The zero-order chi connectivity index (χ0) is 9.68. The third-order valence-electron chi connectivity index (χ3n) is 1.44. The molecule has 6 heteroatoms. The first-order valence-corrected chi connectivity index (χ1v) is 3.65. The molecular weight excluding hydrogens is 172 g/mol. The molecule has 6 nitrogen and oxygen atoms in total. The van der Waals surface area contributed by atoms with Gasteiger partial charge in [-0.05, 0) is 6.92 Å². The summed E-state index contributed by atoms with van der Waals surface area (Å²) in [6, 6.07) is 1.74. The summed E-state index contributed by atoms with van der Waals surface area (Å²) >= 11 is 0. The van der Waals surface area contributed by atoms with Crippen molar-refractivity contribution in [2.24, 2.45) is 0 Å². The van der Waals surface area contributed by atoms with E-state index in [0.717, 1.165) is 0 Å². The smallest absolute Gasteiger partial charge is 0.234 e. The average molecular weight is 180 g/mol. The Kier molecular flexibility index (Phi) is 2.97. The maximum Gasteiger partial charge on any atom is 0.234 e. The Hall–Kier alpha value is -1.90. The average Bonchev–Trinajstić information content (AvgIpc) is 2.48. The van der Waals surface area contributed by atoms with Crippen molar-refractivity contribution < 1.29 is 9.42 Å². The summed E-state index contributed by atoms with van der Waals surface area (Å²) < 4.78 is 4.42. The van der Waals surface area contributed by atoms with Crippen LogP contribution in [-0.2, 0) is 11.3 Å². The predicted octanol–water partition coefficient (Wildman–Crippen LogP) is -0.0921. The second kappa shape index (κ2) is 4.21. The standard InChI is InChI=1S/C7H8N4O2/c1-5-6(11-13-10-5)4-9-7(12)2-3-8/h2,4H2,1H3,(H,9,12). The zero-order valence-corrected chi connectivity index (χ0v) is 7.07. The minimum absolute atomic E-state index is 0.148. The highest BCUT2D eigenvalue weighted by Gasteiger charge is 2.06. The lowest BCUT2D eigenvalue weighted by atomic mass is 10.3. The van der Waals surface area contributed by atoms with Gasteiger partial charge in [-0.15, -0.1) is 0 Å². The first kappa shape index (κ1) is 9.19. The molecule has 13 heavy (non-hydrogen) atoms. The van der Waals surface area contributed by atoms with Crippen molar-refractivity contribution in [3.63, 3.8) is 0 Å². The molecule has 1 aromatic rings. The highest BCUT2D eigenvalue weighted by atomic mass is 16.6. The number of hydrogen-bond donors (Lipinski definition) is 1. The van der Waals surface area contributed by atoms with Crippen molar-refractivity contribution >= 4 is 5.91 Å². The topological polar surface area (TPSA) is 91.8 Å². The number of rotatable bonds is 3. The number of nitriles is 1. The Balaban J connectivity index is 2.40. The number of carbonyl (C=O) groups excluding carboxylic acids is 1. The molecular formula is C7H8N4O2. The van der Waals surface area contributed by atoms with Crippen LogP contribution in [0.5, 0.6) is 0 Å². The second-order valence-corrected chi connectivity index (χ2v) is 2.41. The lowest BCUT2D eigenvalue weighted by Gasteiger charge is -1.97. The normalized spacial score (nSPS) is 9.23. The van der Waals surface area contributed by atoms with E-state index in [1.54, 1.807) is 13.0 Å². The van der Waals surface area contributed by atoms with Crippen molar-refractivity contribution in [3.05, 3.63) is 11.4 Å². The van der Waals surface area contributed by atoms with E-state index < -0.39 is 0 Å². The molecule has 0 saturated carbocycles. The highest BCUT2D eigenvalue weighted by molar-refractivity contribution is 5.77. The minimum Gasteiger partial charge on any atom is -0.349 e. The molecule has 1 N–H and O–H groups in total. The summed E-state index contributed by atoms with van der Waals surface area (Å²) in [5, 5.41) is 17.8. The molecule has 1 aromatic heterocycles. The number of aryl methyl sites for hydroxylation is 1. The van der Waals surface area contributed by atoms with Crippen LogP contribution >= 0.6 is 0 Å². The van der Waals surface area contributed by atoms with Crippen LogP contribution in [-0.4, -0.2) is 16.2 Å². The fourth-order valence-corrected chi connectivity index (χ4v) is 0.726. The molecule has 1 heterocycles. The van der Waals surface area contributed by atoms with Crippen LogP contribution in [0.4, 0.5) is 0 Å². The molecule has 0 aliphatic rings. The molecule has 0 radical (unpaired) electrons. The van der Waals surface area contributed by atoms with Crippen molar-refractivity contribution in [2.75, 3.05) is 0 Å². The van der Waals surface area contributed by atoms with E-state index in [4.69, 9.17) is 5.26 Å². The van der Waals surface area contributed by atoms with Crippen LogP contribution in [0, 0.1) is 18.3 Å². The van der Waals surface area contributed by atoms with Gasteiger partial charge in [0, 0.05) is 0 Å². The molecule has 1 rings (SSSR count). The SMILES string of the molecule is Cc1nonc1CNC(=O)CC#N. The molecule has 68 valence electrons. The monoisotopic (exact) mass is 180 g/mol. The van der Waals surface area contributed by atoms with E-state index in [2.05, 4.69) is 20.3 Å². The molecule has 0 fully saturated rings. The molecule has 0 aliphatic carbocycles. The first-order valence-electron chi connectivity index (χ1n) is 3.65. The van der Waals surface area contributed by atoms with Crippen LogP contribution in [0.25, 0.3) is 0 Å². The van der Waals surface area contributed by atoms with Gasteiger partial charge < -0.3 is 5.32 Å². The van der Waals surface area contributed by atoms with Crippen LogP contribution in [0.1, 0.15) is 17.8 Å². The van der Waals surface area contributed by atoms with Gasteiger partial charge in [-0.3, -0.25) is 4.79 Å². The molecule has 0 unspecified atom stereocenters. The van der Waals surface area contributed by atoms with E-state index in [0.29, 0.717) is 11.4 Å². The third-order valence-corrected chi connectivity index (χ3v) is 1.44. The number of nitrogens with one attached hydrogen (secondary N) is 1. The van der Waals surface area contributed by atoms with E-state index >= 15 is 0 Å². The highest BCUT2D eigenvalue weighted by Crippen LogP contribution is 1.98. The second-order valence-electron chi connectivity index (χ2n) is 2.41. The summed E-state index contributed by atoms with van der Waals surface area (Å²) in [5.41, 5.74) is 1.21. The van der Waals surface area contributed by atoms with Gasteiger partial charge in [-0.2, -0.15) is 5.26 Å². The summed E-state index contributed by atoms with van der Waals surface area (Å²) in [6.45, 7) is 1.97. The number of hydrogen-bond acceptors (Lipinski definition) is 5. The Bertz CT molecular complexity index is 339. The van der Waals surface area contributed by atoms with Crippen molar-refractivity contribution in [2.45, 2.75) is 19.9 Å². The summed E-state index contributed by atoms with van der Waals surface area (Å²) in [4.78, 5) is 10.8. The Morgan fingerprint density at radius 3 is 3.00 bits per heavy atom. The fourth-order valence-electron chi connectivity index (χ4n) is 0.726. The number of amides is 1. The summed E-state index contributed by atoms with van der Waals surface area (Å²) in [5.74, 6) is -0.329. The van der Waals surface area contributed by atoms with Gasteiger partial charge >= 0.3 is 0 Å². The molecule has 0 aromatic carbocycles. The molecule has 0 aliphatic heterocycles. The van der Waals surface area contributed by atoms with Crippen LogP contribution in [0.15, 0.2) is 4.63 Å². The van der Waals surface area contributed by atoms with E-state index in [9.17, 15) is 4.79 Å². The minimum atomic E-state index is -0.329. The van der Waals surface area contributed by atoms with Crippen LogP contribution < -0.4 is 5.32 Å². The van der Waals surface area contributed by atoms with Crippen LogP contribution in [0.2, 0.25) is 0 Å². The summed E-state index contributed by atoms with van der Waals surface area (Å²) in [7, 11) is 0. The maximum atomic E-state index is 10.8. The van der Waals surface area contributed by atoms with Gasteiger partial charge in [0.05, 0.1) is 12.6 Å². The Morgan fingerprint density at radius 2 is 2.46 bits per heavy atom. The number of aromatic nitrogens is 2. The Labute approximate surface area is 74.5 Å². The summed E-state index contributed by atoms with van der Waals surface area (Å²) in [6.07, 6.45) is -0.148. The fraction of sp³-hybridized carbons (Fsp3) is 0.429. The van der Waals surface area contributed by atoms with Gasteiger partial charge in [0.25, 0.3) is 0 Å². The van der Waals surface area contributed by atoms with E-state index in [1.165, 1.54) is 0 Å². The molecule has 0 spiro atoms. The van der Waals surface area contributed by atoms with Gasteiger partial charge in [-0.1, -0.05) is 10.3 Å². The predicted molar refractivity (Wildman–Crippen MR) is 41.1 cm³/mol. The van der Waals surface area contributed by atoms with E-state index in [-0.39, 0.29) is 18.9 Å². The van der Waals surface area contributed by atoms with Crippen molar-refractivity contribution in [3.8, 4) is 6.07 Å². The van der Waals surface area contributed by atoms with Crippen LogP contribution in [0.3, 0.4) is 0 Å². The number of carbonyl (C=O) groups is 1. The molecule has 1 amide bonds. The van der Waals surface area contributed by atoms with Gasteiger partial charge in [0.1, 0.15) is 17.8 Å². The number of nitrogens with zero attached hydrogens (tertiary/aromatic N) is 3. The molecule has 0 saturated heterocycles. The van der Waals surface area contributed by atoms with Gasteiger partial charge in [0.15, 0.2) is 0 Å². The zero-order valence-electron chi connectivity index (χ0n) is 7.07. The van der Waals surface area contributed by atoms with Gasteiger partial charge in [-0.25, -0.2) is 4.63 Å². The molecule has 0 bridgehead atoms. The maximum absolute atomic E-state index is 10.8. The quantitative estimate of drug-likeness (QED) is 0.701. The lowest BCUT2D eigenvalue weighted by molar-refractivity contribution is -0.120. The van der Waals surface area contributed by atoms with Crippen molar-refractivity contribution in [1.29, 1.82) is 5.26 Å². The van der Waals surface area contributed by atoms with E-state index in [1.807, 2.05) is 0 Å². The Morgan fingerprint density at radius 1 is 1.69 bits per heavy atom.